The number of quaternary nitrogens is 1. The molecular formula is C45H31N4+. The maximum Gasteiger partial charge on any atom is 0.235 e. The highest BCUT2D eigenvalue weighted by molar-refractivity contribution is 6.14. The SMILES string of the molecule is c1ccc(C2=NC(c3cccc4ccccc34)[NH2+]C(c3ccc4ccc(-n5c6ccccc6c6cc7ccccc7cc65)cc4c3)=N2)cc1. The third-order valence-corrected chi connectivity index (χ3v) is 9.90. The average Bonchev–Trinajstić information content (AvgIpc) is 3.49. The molecule has 230 valence electrons. The van der Waals surface area contributed by atoms with Gasteiger partial charge in [-0.05, 0) is 74.8 Å². The molecule has 1 unspecified atom stereocenters. The van der Waals surface area contributed by atoms with Crippen molar-refractivity contribution < 1.29 is 5.32 Å². The molecule has 1 aliphatic heterocycles. The number of rotatable bonds is 4. The summed E-state index contributed by atoms with van der Waals surface area (Å²) < 4.78 is 2.41. The van der Waals surface area contributed by atoms with Gasteiger partial charge in [-0.15, -0.1) is 0 Å². The molecule has 0 amide bonds. The maximum atomic E-state index is 5.21. The monoisotopic (exact) mass is 627 g/mol. The Balaban J connectivity index is 1.12. The molecule has 1 aromatic heterocycles. The molecule has 4 nitrogen and oxygen atoms in total. The van der Waals surface area contributed by atoms with Crippen molar-refractivity contribution in [2.75, 3.05) is 0 Å². The number of amidine groups is 2. The molecule has 10 rings (SSSR count). The van der Waals surface area contributed by atoms with Gasteiger partial charge in [-0.1, -0.05) is 127 Å². The number of benzene rings is 8. The second kappa shape index (κ2) is 11.1. The Labute approximate surface area is 283 Å². The van der Waals surface area contributed by atoms with Gasteiger partial charge in [0.2, 0.25) is 12.0 Å². The van der Waals surface area contributed by atoms with E-state index in [1.807, 2.05) is 18.2 Å². The van der Waals surface area contributed by atoms with E-state index in [9.17, 15) is 0 Å². The summed E-state index contributed by atoms with van der Waals surface area (Å²) >= 11 is 0. The molecule has 9 aromatic rings. The summed E-state index contributed by atoms with van der Waals surface area (Å²) in [5.41, 5.74) is 6.82. The smallest absolute Gasteiger partial charge is 0.235 e. The van der Waals surface area contributed by atoms with Crippen LogP contribution in [0.1, 0.15) is 22.9 Å². The van der Waals surface area contributed by atoms with E-state index >= 15 is 0 Å². The Kier molecular flexibility index (Phi) is 6.29. The van der Waals surface area contributed by atoms with Crippen molar-refractivity contribution in [2.45, 2.75) is 6.17 Å². The lowest BCUT2D eigenvalue weighted by Gasteiger charge is -2.20. The zero-order valence-electron chi connectivity index (χ0n) is 26.7. The predicted molar refractivity (Wildman–Crippen MR) is 204 cm³/mol. The van der Waals surface area contributed by atoms with Crippen LogP contribution in [0.4, 0.5) is 0 Å². The Morgan fingerprint density at radius 1 is 0.449 bits per heavy atom. The molecule has 1 aliphatic rings. The van der Waals surface area contributed by atoms with E-state index in [4.69, 9.17) is 9.98 Å². The fourth-order valence-corrected chi connectivity index (χ4v) is 7.52. The van der Waals surface area contributed by atoms with Crippen LogP contribution in [0.15, 0.2) is 180 Å². The highest BCUT2D eigenvalue weighted by Crippen LogP contribution is 2.35. The second-order valence-electron chi connectivity index (χ2n) is 12.8. The molecule has 8 aromatic carbocycles. The summed E-state index contributed by atoms with van der Waals surface area (Å²) in [5.74, 6) is 1.69. The molecule has 0 fully saturated rings. The topological polar surface area (TPSA) is 46.3 Å². The molecule has 0 saturated carbocycles. The molecule has 0 aliphatic carbocycles. The fourth-order valence-electron chi connectivity index (χ4n) is 7.52. The molecule has 4 heteroatoms. The number of hydrogen-bond donors (Lipinski definition) is 1. The highest BCUT2D eigenvalue weighted by Gasteiger charge is 2.27. The summed E-state index contributed by atoms with van der Waals surface area (Å²) in [5, 5.41) is 12.0. The minimum atomic E-state index is -0.164. The van der Waals surface area contributed by atoms with Gasteiger partial charge in [0.15, 0.2) is 5.84 Å². The third-order valence-electron chi connectivity index (χ3n) is 9.90. The first-order chi connectivity index (χ1) is 24.3. The van der Waals surface area contributed by atoms with Gasteiger partial charge < -0.3 is 4.57 Å². The van der Waals surface area contributed by atoms with E-state index in [0.717, 1.165) is 28.5 Å². The van der Waals surface area contributed by atoms with Crippen molar-refractivity contribution >= 4 is 65.8 Å². The van der Waals surface area contributed by atoms with Gasteiger partial charge in [0.05, 0.1) is 16.6 Å². The van der Waals surface area contributed by atoms with Gasteiger partial charge in [-0.2, -0.15) is 4.99 Å². The van der Waals surface area contributed by atoms with E-state index in [1.54, 1.807) is 0 Å². The molecule has 0 radical (unpaired) electrons. The normalized spacial score (nSPS) is 14.9. The molecule has 1 atom stereocenters. The highest BCUT2D eigenvalue weighted by atomic mass is 15.2. The standard InChI is InChI=1S/C45H30N4/c1-2-12-31(13-3-1)43-46-44(48-45(47-43)39-19-10-16-30-11-6-7-17-37(30)39)34-22-21-29-23-24-36(26-35(29)25-34)49-41-20-9-8-18-38(41)40-27-32-14-4-5-15-33(32)28-42(40)49/h1-28,45H,(H,46,47,48)/p+1. The van der Waals surface area contributed by atoms with E-state index in [-0.39, 0.29) is 6.17 Å². The van der Waals surface area contributed by atoms with Crippen LogP contribution in [0.3, 0.4) is 0 Å². The van der Waals surface area contributed by atoms with Crippen LogP contribution in [0.5, 0.6) is 0 Å². The lowest BCUT2D eigenvalue weighted by Crippen LogP contribution is -2.90. The van der Waals surface area contributed by atoms with Crippen LogP contribution in [0, 0.1) is 0 Å². The molecule has 0 bridgehead atoms. The van der Waals surface area contributed by atoms with Gasteiger partial charge in [0.1, 0.15) is 0 Å². The van der Waals surface area contributed by atoms with Crippen molar-refractivity contribution in [3.63, 3.8) is 0 Å². The maximum absolute atomic E-state index is 5.21. The third kappa shape index (κ3) is 4.65. The summed E-state index contributed by atoms with van der Waals surface area (Å²) in [7, 11) is 0. The van der Waals surface area contributed by atoms with Gasteiger partial charge in [-0.3, -0.25) is 5.32 Å². The quantitative estimate of drug-likeness (QED) is 0.202. The van der Waals surface area contributed by atoms with Gasteiger partial charge in [-0.25, -0.2) is 4.99 Å². The Bertz CT molecular complexity index is 2800. The van der Waals surface area contributed by atoms with Crippen LogP contribution >= 0.6 is 0 Å². The van der Waals surface area contributed by atoms with Gasteiger partial charge >= 0.3 is 0 Å². The Hall–Kier alpha value is -6.36. The van der Waals surface area contributed by atoms with Crippen LogP contribution < -0.4 is 5.32 Å². The number of para-hydroxylation sites is 1. The molecule has 0 spiro atoms. The lowest BCUT2D eigenvalue weighted by atomic mass is 10.0. The number of aromatic nitrogens is 1. The number of aliphatic imine (C=N–C) groups is 2. The van der Waals surface area contributed by atoms with Crippen molar-refractivity contribution in [1.82, 2.24) is 4.57 Å². The summed E-state index contributed by atoms with van der Waals surface area (Å²) in [6, 6.07) is 60.8. The minimum Gasteiger partial charge on any atom is -0.309 e. The van der Waals surface area contributed by atoms with Gasteiger partial charge in [0, 0.05) is 27.6 Å². The lowest BCUT2D eigenvalue weighted by molar-refractivity contribution is -0.586. The number of nitrogens with zero attached hydrogens (tertiary/aromatic N) is 3. The van der Waals surface area contributed by atoms with Crippen molar-refractivity contribution in [3.05, 3.63) is 187 Å². The van der Waals surface area contributed by atoms with Crippen molar-refractivity contribution in [2.24, 2.45) is 9.98 Å². The summed E-state index contributed by atoms with van der Waals surface area (Å²) in [6.45, 7) is 0. The average molecular weight is 628 g/mol. The van der Waals surface area contributed by atoms with Crippen LogP contribution in [0.2, 0.25) is 0 Å². The number of nitrogens with two attached hydrogens (primary N) is 1. The van der Waals surface area contributed by atoms with Gasteiger partial charge in [0.25, 0.3) is 0 Å². The van der Waals surface area contributed by atoms with Crippen LogP contribution in [-0.2, 0) is 0 Å². The van der Waals surface area contributed by atoms with Crippen LogP contribution in [0.25, 0.3) is 59.8 Å². The Morgan fingerprint density at radius 3 is 2.04 bits per heavy atom. The first-order valence-electron chi connectivity index (χ1n) is 16.8. The van der Waals surface area contributed by atoms with Crippen molar-refractivity contribution in [3.8, 4) is 5.69 Å². The molecule has 0 saturated heterocycles. The molecule has 2 N–H and O–H groups in total. The summed E-state index contributed by atoms with van der Waals surface area (Å²) in [4.78, 5) is 10.4. The summed E-state index contributed by atoms with van der Waals surface area (Å²) in [6.07, 6.45) is -0.164. The number of hydrogen-bond acceptors (Lipinski definition) is 2. The zero-order chi connectivity index (χ0) is 32.3. The first kappa shape index (κ1) is 27.7. The van der Waals surface area contributed by atoms with E-state index < -0.39 is 0 Å². The minimum absolute atomic E-state index is 0.164. The van der Waals surface area contributed by atoms with E-state index in [1.165, 1.54) is 59.7 Å². The van der Waals surface area contributed by atoms with Crippen LogP contribution in [-0.4, -0.2) is 16.2 Å². The fraction of sp³-hybridized carbons (Fsp3) is 0.0222. The molecule has 2 heterocycles. The van der Waals surface area contributed by atoms with E-state index in [0.29, 0.717) is 0 Å². The first-order valence-corrected chi connectivity index (χ1v) is 16.8. The van der Waals surface area contributed by atoms with E-state index in [2.05, 4.69) is 162 Å². The predicted octanol–water partition coefficient (Wildman–Crippen LogP) is 9.71. The number of fused-ring (bicyclic) bond motifs is 6. The molecule has 49 heavy (non-hydrogen) atoms. The van der Waals surface area contributed by atoms with Crippen molar-refractivity contribution in [1.29, 1.82) is 0 Å². The largest absolute Gasteiger partial charge is 0.309 e. The zero-order valence-corrected chi connectivity index (χ0v) is 26.7. The Morgan fingerprint density at radius 2 is 1.16 bits per heavy atom. The molecular weight excluding hydrogens is 597 g/mol. The second-order valence-corrected chi connectivity index (χ2v) is 12.8.